The molecule has 1 aliphatic rings. The van der Waals surface area contributed by atoms with Crippen LogP contribution in [0.5, 0.6) is 0 Å². The van der Waals surface area contributed by atoms with E-state index >= 15 is 0 Å². The molecular formula is C17H19FN8. The van der Waals surface area contributed by atoms with Gasteiger partial charge in [0, 0.05) is 18.3 Å². The van der Waals surface area contributed by atoms with Crippen LogP contribution in [0.1, 0.15) is 30.1 Å². The van der Waals surface area contributed by atoms with Gasteiger partial charge in [-0.3, -0.25) is 5.10 Å². The molecule has 1 saturated heterocycles. The standard InChI is InChI=1S/C17H19FN8/c1-10-9-14(25-24-10)20-16-21-15(19)22-17(23-16)26-8-2-3-13(26)11-4-6-12(18)7-5-11/h4-7,9,13H,2-3,8H2,1H3,(H4,19,20,21,22,23,24,25). The predicted octanol–water partition coefficient (Wildman–Crippen LogP) is 2.71. The number of H-pyrrole nitrogens is 1. The summed E-state index contributed by atoms with van der Waals surface area (Å²) in [5, 5.41) is 9.99. The number of rotatable bonds is 4. The van der Waals surface area contributed by atoms with Crippen LogP contribution >= 0.6 is 0 Å². The van der Waals surface area contributed by atoms with Gasteiger partial charge in [0.15, 0.2) is 5.82 Å². The molecule has 3 aromatic rings. The van der Waals surface area contributed by atoms with E-state index in [1.165, 1.54) is 12.1 Å². The van der Waals surface area contributed by atoms with Crippen LogP contribution in [0.25, 0.3) is 0 Å². The zero-order valence-corrected chi connectivity index (χ0v) is 14.3. The van der Waals surface area contributed by atoms with E-state index in [2.05, 4.69) is 35.4 Å². The molecule has 9 heteroatoms. The average molecular weight is 354 g/mol. The second-order valence-corrected chi connectivity index (χ2v) is 6.28. The van der Waals surface area contributed by atoms with Crippen LogP contribution in [0.3, 0.4) is 0 Å². The van der Waals surface area contributed by atoms with E-state index in [-0.39, 0.29) is 17.8 Å². The number of hydrogen-bond donors (Lipinski definition) is 3. The molecule has 0 radical (unpaired) electrons. The number of aryl methyl sites for hydroxylation is 1. The number of benzene rings is 1. The molecule has 1 aliphatic heterocycles. The van der Waals surface area contributed by atoms with E-state index in [1.54, 1.807) is 12.1 Å². The van der Waals surface area contributed by atoms with Gasteiger partial charge < -0.3 is 16.0 Å². The number of aromatic amines is 1. The number of aromatic nitrogens is 5. The van der Waals surface area contributed by atoms with E-state index < -0.39 is 0 Å². The maximum Gasteiger partial charge on any atom is 0.235 e. The molecule has 3 heterocycles. The minimum atomic E-state index is -0.247. The largest absolute Gasteiger partial charge is 0.368 e. The number of nitrogens with two attached hydrogens (primary N) is 1. The summed E-state index contributed by atoms with van der Waals surface area (Å²) in [4.78, 5) is 15.0. The fraction of sp³-hybridized carbons (Fsp3) is 0.294. The number of halogens is 1. The van der Waals surface area contributed by atoms with Gasteiger partial charge in [0.2, 0.25) is 17.8 Å². The molecule has 26 heavy (non-hydrogen) atoms. The topological polar surface area (TPSA) is 109 Å². The van der Waals surface area contributed by atoms with Crippen LogP contribution in [0, 0.1) is 12.7 Å². The van der Waals surface area contributed by atoms with Crippen LogP contribution in [0.4, 0.5) is 28.1 Å². The van der Waals surface area contributed by atoms with Gasteiger partial charge in [-0.1, -0.05) is 12.1 Å². The fourth-order valence-electron chi connectivity index (χ4n) is 3.20. The quantitative estimate of drug-likeness (QED) is 0.661. The Bertz CT molecular complexity index is 907. The van der Waals surface area contributed by atoms with Crippen molar-refractivity contribution in [2.45, 2.75) is 25.8 Å². The number of nitrogens with zero attached hydrogens (tertiary/aromatic N) is 5. The molecule has 1 aromatic carbocycles. The molecule has 2 aromatic heterocycles. The van der Waals surface area contributed by atoms with Crippen molar-refractivity contribution < 1.29 is 4.39 Å². The first-order valence-corrected chi connectivity index (χ1v) is 8.41. The van der Waals surface area contributed by atoms with Crippen LogP contribution in [-0.2, 0) is 0 Å². The normalized spacial score (nSPS) is 16.8. The first kappa shape index (κ1) is 16.2. The highest BCUT2D eigenvalue weighted by atomic mass is 19.1. The van der Waals surface area contributed by atoms with Crippen molar-refractivity contribution in [3.63, 3.8) is 0 Å². The molecule has 0 aliphatic carbocycles. The van der Waals surface area contributed by atoms with E-state index in [0.717, 1.165) is 30.6 Å². The third-order valence-electron chi connectivity index (χ3n) is 4.35. The Morgan fingerprint density at radius 1 is 1.23 bits per heavy atom. The Balaban J connectivity index is 1.62. The summed E-state index contributed by atoms with van der Waals surface area (Å²) in [5.41, 5.74) is 7.83. The van der Waals surface area contributed by atoms with E-state index in [9.17, 15) is 4.39 Å². The first-order chi connectivity index (χ1) is 12.6. The van der Waals surface area contributed by atoms with Gasteiger partial charge in [0.25, 0.3) is 0 Å². The van der Waals surface area contributed by atoms with Gasteiger partial charge >= 0.3 is 0 Å². The molecule has 1 atom stereocenters. The zero-order chi connectivity index (χ0) is 18.1. The second kappa shape index (κ2) is 6.58. The summed E-state index contributed by atoms with van der Waals surface area (Å²) in [6, 6.07) is 8.47. The van der Waals surface area contributed by atoms with Gasteiger partial charge in [0.1, 0.15) is 5.82 Å². The van der Waals surface area contributed by atoms with Crippen LogP contribution in [0.15, 0.2) is 30.3 Å². The SMILES string of the molecule is Cc1cc(Nc2nc(N)nc(N3CCCC3c3ccc(F)cc3)n2)n[nH]1. The van der Waals surface area contributed by atoms with Crippen LogP contribution in [0.2, 0.25) is 0 Å². The highest BCUT2D eigenvalue weighted by Gasteiger charge is 2.28. The Kier molecular flexibility index (Phi) is 4.11. The Morgan fingerprint density at radius 3 is 2.77 bits per heavy atom. The minimum absolute atomic E-state index is 0.0814. The zero-order valence-electron chi connectivity index (χ0n) is 14.3. The van der Waals surface area contributed by atoms with Crippen molar-refractivity contribution in [3.05, 3.63) is 47.4 Å². The van der Waals surface area contributed by atoms with Crippen molar-refractivity contribution in [1.29, 1.82) is 0 Å². The predicted molar refractivity (Wildman–Crippen MR) is 96.6 cm³/mol. The summed E-state index contributed by atoms with van der Waals surface area (Å²) in [5.74, 6) is 1.33. The molecule has 1 fully saturated rings. The van der Waals surface area contributed by atoms with Crippen molar-refractivity contribution in [3.8, 4) is 0 Å². The lowest BCUT2D eigenvalue weighted by Gasteiger charge is -2.25. The van der Waals surface area contributed by atoms with Crippen molar-refractivity contribution >= 4 is 23.7 Å². The summed E-state index contributed by atoms with van der Waals surface area (Å²) in [6.07, 6.45) is 1.94. The van der Waals surface area contributed by atoms with Gasteiger partial charge in [-0.25, -0.2) is 4.39 Å². The summed E-state index contributed by atoms with van der Waals surface area (Å²) in [6.45, 7) is 2.70. The third kappa shape index (κ3) is 3.28. The Labute approximate surface area is 149 Å². The van der Waals surface area contributed by atoms with Crippen molar-refractivity contribution in [2.75, 3.05) is 22.5 Å². The maximum atomic E-state index is 13.2. The maximum absolute atomic E-state index is 13.2. The van der Waals surface area contributed by atoms with Crippen LogP contribution < -0.4 is 16.0 Å². The summed E-state index contributed by atoms with van der Waals surface area (Å²) in [7, 11) is 0. The number of nitrogen functional groups attached to an aromatic ring is 1. The summed E-state index contributed by atoms with van der Waals surface area (Å²) < 4.78 is 13.2. The molecule has 134 valence electrons. The van der Waals surface area contributed by atoms with Gasteiger partial charge in [-0.05, 0) is 37.5 Å². The number of nitrogens with one attached hydrogen (secondary N) is 2. The molecule has 0 amide bonds. The van der Waals surface area contributed by atoms with Crippen molar-refractivity contribution in [1.82, 2.24) is 25.1 Å². The number of anilines is 4. The van der Waals surface area contributed by atoms with E-state index in [1.807, 2.05) is 13.0 Å². The molecular weight excluding hydrogens is 335 g/mol. The first-order valence-electron chi connectivity index (χ1n) is 8.41. The highest BCUT2D eigenvalue weighted by Crippen LogP contribution is 2.35. The Morgan fingerprint density at radius 2 is 2.04 bits per heavy atom. The van der Waals surface area contributed by atoms with E-state index in [4.69, 9.17) is 5.73 Å². The molecule has 0 spiro atoms. The molecule has 4 rings (SSSR count). The monoisotopic (exact) mass is 354 g/mol. The third-order valence-corrected chi connectivity index (χ3v) is 4.35. The number of hydrogen-bond acceptors (Lipinski definition) is 7. The van der Waals surface area contributed by atoms with Gasteiger partial charge in [0.05, 0.1) is 6.04 Å². The lowest BCUT2D eigenvalue weighted by atomic mass is 10.0. The molecule has 0 bridgehead atoms. The van der Waals surface area contributed by atoms with Gasteiger partial charge in [-0.15, -0.1) is 0 Å². The van der Waals surface area contributed by atoms with Crippen LogP contribution in [-0.4, -0.2) is 31.7 Å². The molecule has 0 saturated carbocycles. The lowest BCUT2D eigenvalue weighted by molar-refractivity contribution is 0.624. The lowest BCUT2D eigenvalue weighted by Crippen LogP contribution is -2.25. The fourth-order valence-corrected chi connectivity index (χ4v) is 3.20. The smallest absolute Gasteiger partial charge is 0.235 e. The molecule has 4 N–H and O–H groups in total. The highest BCUT2D eigenvalue weighted by molar-refractivity contribution is 5.52. The minimum Gasteiger partial charge on any atom is -0.368 e. The Hall–Kier alpha value is -3.23. The molecule has 8 nitrogen and oxygen atoms in total. The van der Waals surface area contributed by atoms with Gasteiger partial charge in [-0.2, -0.15) is 20.1 Å². The average Bonchev–Trinajstić information content (AvgIpc) is 3.24. The molecule has 1 unspecified atom stereocenters. The van der Waals surface area contributed by atoms with Crippen molar-refractivity contribution in [2.24, 2.45) is 0 Å². The second-order valence-electron chi connectivity index (χ2n) is 6.28. The summed E-state index contributed by atoms with van der Waals surface area (Å²) >= 11 is 0. The van der Waals surface area contributed by atoms with E-state index in [0.29, 0.717) is 17.7 Å².